The smallest absolute Gasteiger partial charge is 0.319 e. The number of hydrogen-bond donors (Lipinski definition) is 2. The lowest BCUT2D eigenvalue weighted by Crippen LogP contribution is -2.56. The topological polar surface area (TPSA) is 113 Å². The molecule has 53 heavy (non-hydrogen) atoms. The van der Waals surface area contributed by atoms with Crippen LogP contribution in [0, 0.1) is 23.0 Å². The molecule has 2 aromatic carbocycles. The number of phenols is 1. The Balaban J connectivity index is 1.20. The van der Waals surface area contributed by atoms with E-state index in [-0.39, 0.29) is 47.1 Å². The van der Waals surface area contributed by atoms with E-state index in [0.29, 0.717) is 71.7 Å². The quantitative estimate of drug-likeness (QED) is 0.201. The van der Waals surface area contributed by atoms with Gasteiger partial charge in [-0.1, -0.05) is 19.4 Å². The molecule has 0 radical (unpaired) electrons. The largest absolute Gasteiger partial charge is 0.508 e. The minimum Gasteiger partial charge on any atom is -0.508 e. The average Bonchev–Trinajstić information content (AvgIpc) is 3.51. The van der Waals surface area contributed by atoms with E-state index in [9.17, 15) is 10.2 Å². The highest BCUT2D eigenvalue weighted by atomic mass is 19.1. The molecule has 3 aliphatic heterocycles. The molecule has 4 aliphatic rings. The highest BCUT2D eigenvalue weighted by Gasteiger charge is 2.50. The van der Waals surface area contributed by atoms with Crippen molar-refractivity contribution < 1.29 is 33.2 Å². The zero-order chi connectivity index (χ0) is 36.9. The van der Waals surface area contributed by atoms with Crippen molar-refractivity contribution in [2.24, 2.45) is 11.3 Å². The summed E-state index contributed by atoms with van der Waals surface area (Å²) in [6.45, 7) is 10.2. The van der Waals surface area contributed by atoms with Crippen LogP contribution in [0.5, 0.6) is 11.8 Å². The first kappa shape index (κ1) is 36.3. The summed E-state index contributed by atoms with van der Waals surface area (Å²) in [7, 11) is 0. The van der Waals surface area contributed by atoms with Crippen LogP contribution in [0.1, 0.15) is 71.3 Å². The van der Waals surface area contributed by atoms with Crippen molar-refractivity contribution in [1.29, 1.82) is 0 Å². The third-order valence-corrected chi connectivity index (χ3v) is 12.5. The van der Waals surface area contributed by atoms with Gasteiger partial charge in [-0.3, -0.25) is 9.88 Å². The zero-order valence-corrected chi connectivity index (χ0v) is 31.0. The molecule has 2 N–H and O–H groups in total. The fraction of sp³-hybridized carbons (Fsp3) is 0.585. The first-order valence-electron chi connectivity index (χ1n) is 19.4. The fourth-order valence-electron chi connectivity index (χ4n) is 9.84. The van der Waals surface area contributed by atoms with Gasteiger partial charge in [0.1, 0.15) is 34.2 Å². The molecule has 4 fully saturated rings. The van der Waals surface area contributed by atoms with Gasteiger partial charge >= 0.3 is 6.01 Å². The van der Waals surface area contributed by atoms with Crippen LogP contribution in [0.2, 0.25) is 0 Å². The lowest BCUT2D eigenvalue weighted by molar-refractivity contribution is -0.0471. The van der Waals surface area contributed by atoms with Gasteiger partial charge < -0.3 is 29.3 Å². The number of phenolic OH excluding ortho intramolecular Hbond substituents is 1. The Labute approximate surface area is 309 Å². The number of ether oxygens (including phenoxy) is 3. The predicted molar refractivity (Wildman–Crippen MR) is 199 cm³/mol. The van der Waals surface area contributed by atoms with Crippen LogP contribution in [0.15, 0.2) is 30.5 Å². The average molecular weight is 732 g/mol. The van der Waals surface area contributed by atoms with Gasteiger partial charge in [0.05, 0.1) is 31.8 Å². The summed E-state index contributed by atoms with van der Waals surface area (Å²) in [5.41, 5.74) is -0.608. The highest BCUT2D eigenvalue weighted by molar-refractivity contribution is 6.01. The predicted octanol–water partition coefficient (Wildman–Crippen LogP) is 6.81. The lowest BCUT2D eigenvalue weighted by atomic mass is 9.74. The summed E-state index contributed by atoms with van der Waals surface area (Å²) < 4.78 is 50.3. The summed E-state index contributed by atoms with van der Waals surface area (Å²) in [5, 5.41) is 23.2. The van der Waals surface area contributed by atoms with Crippen LogP contribution in [0.4, 0.5) is 14.6 Å². The number of β-amino-alcohol motifs (C(OH)–C–C–N with tert-alkyl or cyclic N) is 1. The van der Waals surface area contributed by atoms with Crippen LogP contribution in [-0.4, -0.2) is 100 Å². The van der Waals surface area contributed by atoms with Gasteiger partial charge in [-0.2, -0.15) is 9.97 Å². The second kappa shape index (κ2) is 14.5. The van der Waals surface area contributed by atoms with Gasteiger partial charge in [-0.05, 0) is 106 Å². The maximum atomic E-state index is 17.1. The number of anilines is 1. The number of likely N-dealkylation sites (tertiary alicyclic amines) is 1. The second-order valence-corrected chi connectivity index (χ2v) is 16.0. The van der Waals surface area contributed by atoms with Crippen molar-refractivity contribution in [2.75, 3.05) is 57.6 Å². The van der Waals surface area contributed by atoms with Crippen molar-refractivity contribution in [3.8, 4) is 23.0 Å². The van der Waals surface area contributed by atoms with Crippen LogP contribution >= 0.6 is 0 Å². The molecule has 1 aliphatic carbocycles. The van der Waals surface area contributed by atoms with E-state index in [1.807, 2.05) is 11.8 Å². The molecule has 0 bridgehead atoms. The molecular formula is C41H51F2N5O5. The number of halogens is 2. The van der Waals surface area contributed by atoms with Crippen LogP contribution in [0.3, 0.4) is 0 Å². The molecule has 10 nitrogen and oxygen atoms in total. The lowest BCUT2D eigenvalue weighted by Gasteiger charge is -2.50. The first-order valence-corrected chi connectivity index (χ1v) is 19.4. The van der Waals surface area contributed by atoms with Gasteiger partial charge in [0, 0.05) is 49.0 Å². The van der Waals surface area contributed by atoms with Gasteiger partial charge in [0.25, 0.3) is 0 Å². The van der Waals surface area contributed by atoms with E-state index < -0.39 is 17.2 Å². The third kappa shape index (κ3) is 6.81. The molecule has 0 amide bonds. The van der Waals surface area contributed by atoms with Crippen molar-refractivity contribution in [1.82, 2.24) is 19.9 Å². The number of aromatic nitrogens is 3. The van der Waals surface area contributed by atoms with E-state index >= 15 is 8.78 Å². The SMILES string of the molecule is CCc1c(F)ccc2cc(O)cc(-c3ncc4c(N5CCOCC(C)(O)C5)nc(OCC56CCCC5N(C(C)C5CCOCC5)CCC6)nc4c3F)c12. The molecule has 5 heterocycles. The van der Waals surface area contributed by atoms with E-state index in [0.717, 1.165) is 64.7 Å². The summed E-state index contributed by atoms with van der Waals surface area (Å²) in [6, 6.07) is 6.81. The highest BCUT2D eigenvalue weighted by Crippen LogP contribution is 2.49. The van der Waals surface area contributed by atoms with Crippen molar-refractivity contribution in [2.45, 2.75) is 89.8 Å². The maximum absolute atomic E-state index is 17.1. The normalized spacial score (nSPS) is 26.5. The molecule has 8 rings (SSSR count). The Morgan fingerprint density at radius 2 is 1.85 bits per heavy atom. The van der Waals surface area contributed by atoms with E-state index in [1.165, 1.54) is 18.3 Å². The summed E-state index contributed by atoms with van der Waals surface area (Å²) in [6.07, 6.45) is 9.49. The number of fused-ring (bicyclic) bond motifs is 3. The maximum Gasteiger partial charge on any atom is 0.319 e. The number of aromatic hydroxyl groups is 1. The van der Waals surface area contributed by atoms with E-state index in [4.69, 9.17) is 24.2 Å². The number of pyridine rings is 1. The molecule has 0 spiro atoms. The van der Waals surface area contributed by atoms with Crippen LogP contribution in [-0.2, 0) is 15.9 Å². The van der Waals surface area contributed by atoms with E-state index in [2.05, 4.69) is 16.8 Å². The van der Waals surface area contributed by atoms with Gasteiger partial charge in [-0.15, -0.1) is 0 Å². The summed E-state index contributed by atoms with van der Waals surface area (Å²) in [5.74, 6) is -0.204. The molecule has 4 unspecified atom stereocenters. The molecule has 12 heteroatoms. The Bertz CT molecular complexity index is 1990. The van der Waals surface area contributed by atoms with Crippen LogP contribution in [0.25, 0.3) is 32.9 Å². The number of piperidine rings is 1. The number of nitrogens with zero attached hydrogens (tertiary/aromatic N) is 5. The molecule has 1 saturated carbocycles. The molecule has 4 atom stereocenters. The van der Waals surface area contributed by atoms with Gasteiger partial charge in [-0.25, -0.2) is 8.78 Å². The minimum absolute atomic E-state index is 0.00429. The Hall–Kier alpha value is -3.71. The monoisotopic (exact) mass is 731 g/mol. The second-order valence-electron chi connectivity index (χ2n) is 16.0. The number of hydrogen-bond acceptors (Lipinski definition) is 10. The molecule has 4 aromatic rings. The van der Waals surface area contributed by atoms with Crippen molar-refractivity contribution in [3.05, 3.63) is 47.7 Å². The van der Waals surface area contributed by atoms with Gasteiger partial charge in [0.2, 0.25) is 0 Å². The first-order chi connectivity index (χ1) is 25.6. The van der Waals surface area contributed by atoms with E-state index in [1.54, 1.807) is 19.1 Å². The van der Waals surface area contributed by atoms with Gasteiger partial charge in [0.15, 0.2) is 5.82 Å². The van der Waals surface area contributed by atoms with Crippen molar-refractivity contribution in [3.63, 3.8) is 0 Å². The number of aryl methyl sites for hydroxylation is 1. The number of benzene rings is 2. The molecular weight excluding hydrogens is 680 g/mol. The molecule has 2 aromatic heterocycles. The summed E-state index contributed by atoms with van der Waals surface area (Å²) >= 11 is 0. The minimum atomic E-state index is -1.18. The Morgan fingerprint density at radius 1 is 1.04 bits per heavy atom. The standard InChI is InChI=1S/C41H51F2N5O5/c1-4-29-32(42)9-8-27-19-28(49)20-30(34(27)29)36-35(43)37-31(21-44-36)38(47-15-18-52-23-40(3,50)22-47)46-39(45-37)53-24-41-12-5-7-33(41)48(14-6-13-41)25(2)26-10-16-51-17-11-26/h8-9,19-21,25-26,33,49-50H,4-7,10-18,22-24H2,1-3H3. The molecule has 284 valence electrons. The number of rotatable bonds is 8. The zero-order valence-electron chi connectivity index (χ0n) is 31.0. The third-order valence-electron chi connectivity index (χ3n) is 12.5. The fourth-order valence-corrected chi connectivity index (χ4v) is 9.84. The molecule has 3 saturated heterocycles. The van der Waals surface area contributed by atoms with Crippen LogP contribution < -0.4 is 9.64 Å². The Morgan fingerprint density at radius 3 is 2.66 bits per heavy atom. The summed E-state index contributed by atoms with van der Waals surface area (Å²) in [4.78, 5) is 18.8. The Kier molecular flexibility index (Phi) is 9.93. The number of aliphatic hydroxyl groups is 1. The van der Waals surface area contributed by atoms with Crippen molar-refractivity contribution >= 4 is 27.5 Å².